The molecule has 37 heavy (non-hydrogen) atoms. The topological polar surface area (TPSA) is 124 Å². The van der Waals surface area contributed by atoms with Gasteiger partial charge in [-0.05, 0) is 38.0 Å². The highest BCUT2D eigenvalue weighted by Gasteiger charge is 2.40. The third-order valence-electron chi connectivity index (χ3n) is 7.62. The molecule has 1 heterocycles. The van der Waals surface area contributed by atoms with Crippen molar-refractivity contribution in [3.8, 4) is 0 Å². The molecule has 0 saturated heterocycles. The number of ketones is 1. The molecule has 4 N–H and O–H groups in total. The summed E-state index contributed by atoms with van der Waals surface area (Å²) in [6.45, 7) is 2.15. The van der Waals surface area contributed by atoms with E-state index in [0.29, 0.717) is 18.7 Å². The molecular weight excluding hydrogens is 468 g/mol. The number of hydrogen-bond acceptors (Lipinski definition) is 7. The molecule has 0 bridgehead atoms. The van der Waals surface area contributed by atoms with Gasteiger partial charge in [0.2, 0.25) is 5.91 Å². The average Bonchev–Trinajstić information content (AvgIpc) is 3.17. The minimum atomic E-state index is -0.563. The molecule has 3 rings (SSSR count). The molecule has 0 aliphatic heterocycles. The van der Waals surface area contributed by atoms with Crippen molar-refractivity contribution >= 4 is 28.3 Å². The van der Waals surface area contributed by atoms with Gasteiger partial charge in [0.05, 0.1) is 18.4 Å². The minimum absolute atomic E-state index is 0.0176. The normalized spacial score (nSPS) is 20.3. The summed E-state index contributed by atoms with van der Waals surface area (Å²) in [6, 6.07) is 7.73. The Hall–Kier alpha value is -2.58. The number of aliphatic hydroxyl groups excluding tert-OH is 2. The number of anilines is 1. The zero-order valence-corrected chi connectivity index (χ0v) is 22.2. The molecule has 1 aromatic carbocycles. The number of aliphatic hydroxyl groups is 2. The number of benzene rings is 1. The van der Waals surface area contributed by atoms with Gasteiger partial charge in [0.1, 0.15) is 5.78 Å². The zero-order valence-electron chi connectivity index (χ0n) is 22.2. The van der Waals surface area contributed by atoms with Crippen LogP contribution in [0.15, 0.2) is 30.5 Å². The van der Waals surface area contributed by atoms with Gasteiger partial charge in [-0.25, -0.2) is 0 Å². The molecule has 8 nitrogen and oxygen atoms in total. The monoisotopic (exact) mass is 512 g/mol. The number of amides is 1. The van der Waals surface area contributed by atoms with E-state index in [4.69, 9.17) is 0 Å². The molecule has 1 fully saturated rings. The molecule has 2 aromatic rings. The summed E-state index contributed by atoms with van der Waals surface area (Å²) in [6.07, 6.45) is 12.5. The minimum Gasteiger partial charge on any atom is -0.393 e. The predicted octanol–water partition coefficient (Wildman–Crippen LogP) is 5.09. The summed E-state index contributed by atoms with van der Waals surface area (Å²) in [7, 11) is 0. The number of nitrogens with zero attached hydrogens (tertiary/aromatic N) is 2. The first-order valence-corrected chi connectivity index (χ1v) is 14.1. The Bertz CT molecular complexity index is 980. The SMILES string of the molecule is CCCCCC(O)CCC1C(O)CC(=O)C1CCCCCCCC(=O)NNc1nncc2ccccc12. The third-order valence-corrected chi connectivity index (χ3v) is 7.62. The van der Waals surface area contributed by atoms with E-state index >= 15 is 0 Å². The fourth-order valence-corrected chi connectivity index (χ4v) is 5.44. The number of carbonyl (C=O) groups is 2. The van der Waals surface area contributed by atoms with Gasteiger partial charge in [-0.2, -0.15) is 5.10 Å². The molecular formula is C29H44N4O4. The first-order chi connectivity index (χ1) is 18.0. The van der Waals surface area contributed by atoms with Gasteiger partial charge in [0, 0.05) is 29.5 Å². The Kier molecular flexibility index (Phi) is 12.2. The maximum Gasteiger partial charge on any atom is 0.238 e. The second-order valence-corrected chi connectivity index (χ2v) is 10.5. The Morgan fingerprint density at radius 3 is 2.68 bits per heavy atom. The maximum atomic E-state index is 12.4. The van der Waals surface area contributed by atoms with Crippen LogP contribution >= 0.6 is 0 Å². The fraction of sp³-hybridized carbons (Fsp3) is 0.655. The van der Waals surface area contributed by atoms with Crippen LogP contribution < -0.4 is 10.9 Å². The number of aromatic nitrogens is 2. The summed E-state index contributed by atoms with van der Waals surface area (Å²) in [5.74, 6) is 0.531. The van der Waals surface area contributed by atoms with Crippen LogP contribution in [-0.4, -0.2) is 44.3 Å². The summed E-state index contributed by atoms with van der Waals surface area (Å²) < 4.78 is 0. The Labute approximate surface area is 220 Å². The summed E-state index contributed by atoms with van der Waals surface area (Å²) in [5, 5.41) is 30.5. The number of Topliss-reactive ketones (excluding diaryl/α,β-unsaturated/α-hetero) is 1. The number of hydrazine groups is 1. The van der Waals surface area contributed by atoms with Gasteiger partial charge in [0.15, 0.2) is 5.82 Å². The molecule has 1 aliphatic carbocycles. The lowest BCUT2D eigenvalue weighted by Crippen LogP contribution is -2.29. The van der Waals surface area contributed by atoms with Crippen LogP contribution in [0.5, 0.6) is 0 Å². The maximum absolute atomic E-state index is 12.4. The van der Waals surface area contributed by atoms with Gasteiger partial charge >= 0.3 is 0 Å². The highest BCUT2D eigenvalue weighted by molar-refractivity contribution is 5.91. The third kappa shape index (κ3) is 9.34. The predicted molar refractivity (Wildman–Crippen MR) is 146 cm³/mol. The molecule has 204 valence electrons. The molecule has 4 atom stereocenters. The largest absolute Gasteiger partial charge is 0.393 e. The van der Waals surface area contributed by atoms with E-state index in [1.54, 1.807) is 6.20 Å². The average molecular weight is 513 g/mol. The van der Waals surface area contributed by atoms with Gasteiger partial charge in [-0.3, -0.25) is 20.4 Å². The Balaban J connectivity index is 1.27. The lowest BCUT2D eigenvalue weighted by Gasteiger charge is -2.22. The number of unbranched alkanes of at least 4 members (excludes halogenated alkanes) is 6. The molecule has 1 aliphatic rings. The number of carbonyl (C=O) groups excluding carboxylic acids is 2. The lowest BCUT2D eigenvalue weighted by molar-refractivity contribution is -0.122. The van der Waals surface area contributed by atoms with Crippen molar-refractivity contribution in [3.05, 3.63) is 30.5 Å². The zero-order chi connectivity index (χ0) is 26.5. The number of rotatable bonds is 17. The fourth-order valence-electron chi connectivity index (χ4n) is 5.44. The number of fused-ring (bicyclic) bond motifs is 1. The van der Waals surface area contributed by atoms with E-state index in [-0.39, 0.29) is 36.1 Å². The molecule has 4 unspecified atom stereocenters. The van der Waals surface area contributed by atoms with Crippen molar-refractivity contribution in [2.45, 2.75) is 109 Å². The molecule has 8 heteroatoms. The molecule has 0 spiro atoms. The highest BCUT2D eigenvalue weighted by Crippen LogP contribution is 2.36. The van der Waals surface area contributed by atoms with Crippen molar-refractivity contribution in [3.63, 3.8) is 0 Å². The highest BCUT2D eigenvalue weighted by atomic mass is 16.3. The smallest absolute Gasteiger partial charge is 0.238 e. The first-order valence-electron chi connectivity index (χ1n) is 14.1. The van der Waals surface area contributed by atoms with Crippen molar-refractivity contribution in [2.24, 2.45) is 11.8 Å². The van der Waals surface area contributed by atoms with Crippen molar-refractivity contribution in [1.82, 2.24) is 15.6 Å². The van der Waals surface area contributed by atoms with E-state index in [1.165, 1.54) is 0 Å². The second kappa shape index (κ2) is 15.6. The summed E-state index contributed by atoms with van der Waals surface area (Å²) in [5.41, 5.74) is 5.59. The molecule has 1 aromatic heterocycles. The van der Waals surface area contributed by atoms with Gasteiger partial charge in [-0.15, -0.1) is 5.10 Å². The van der Waals surface area contributed by atoms with Crippen LogP contribution in [0.3, 0.4) is 0 Å². The number of hydrogen-bond donors (Lipinski definition) is 4. The summed E-state index contributed by atoms with van der Waals surface area (Å²) >= 11 is 0. The first kappa shape index (κ1) is 29.0. The van der Waals surface area contributed by atoms with E-state index in [1.807, 2.05) is 24.3 Å². The molecule has 0 radical (unpaired) electrons. The van der Waals surface area contributed by atoms with E-state index in [0.717, 1.165) is 81.4 Å². The Morgan fingerprint density at radius 1 is 1.05 bits per heavy atom. The van der Waals surface area contributed by atoms with Crippen molar-refractivity contribution in [2.75, 3.05) is 5.43 Å². The van der Waals surface area contributed by atoms with Gasteiger partial charge in [-0.1, -0.05) is 76.1 Å². The quantitative estimate of drug-likeness (QED) is 0.172. The number of nitrogens with one attached hydrogen (secondary N) is 2. The molecule has 1 amide bonds. The van der Waals surface area contributed by atoms with E-state index < -0.39 is 6.10 Å². The van der Waals surface area contributed by atoms with Crippen molar-refractivity contribution in [1.29, 1.82) is 0 Å². The lowest BCUT2D eigenvalue weighted by atomic mass is 9.85. The van der Waals surface area contributed by atoms with Crippen LogP contribution in [0.25, 0.3) is 10.8 Å². The standard InChI is InChI=1S/C29H44N4O4/c1-2-3-7-13-22(34)17-18-25-24(26(35)19-27(25)36)15-8-5-4-6-9-16-28(37)31-33-29-23-14-11-10-12-21(23)20-30-32-29/h10-12,14,20,22,24-25,27,34,36H,2-9,13,15-19H2,1H3,(H,31,37)(H,32,33). The van der Waals surface area contributed by atoms with Crippen LogP contribution in [0, 0.1) is 11.8 Å². The van der Waals surface area contributed by atoms with E-state index in [2.05, 4.69) is 28.0 Å². The Morgan fingerprint density at radius 2 is 1.84 bits per heavy atom. The van der Waals surface area contributed by atoms with Crippen LogP contribution in [-0.2, 0) is 9.59 Å². The van der Waals surface area contributed by atoms with Crippen LogP contribution in [0.1, 0.15) is 96.8 Å². The van der Waals surface area contributed by atoms with Crippen LogP contribution in [0.4, 0.5) is 5.82 Å². The second-order valence-electron chi connectivity index (χ2n) is 10.5. The van der Waals surface area contributed by atoms with Crippen molar-refractivity contribution < 1.29 is 19.8 Å². The van der Waals surface area contributed by atoms with Crippen LogP contribution in [0.2, 0.25) is 0 Å². The summed E-state index contributed by atoms with van der Waals surface area (Å²) in [4.78, 5) is 24.6. The van der Waals surface area contributed by atoms with Gasteiger partial charge < -0.3 is 10.2 Å². The molecule has 1 saturated carbocycles. The van der Waals surface area contributed by atoms with Gasteiger partial charge in [0.25, 0.3) is 0 Å². The van der Waals surface area contributed by atoms with E-state index in [9.17, 15) is 19.8 Å².